The van der Waals surface area contributed by atoms with Crippen LogP contribution in [0.3, 0.4) is 0 Å². The monoisotopic (exact) mass is 316 g/mol. The number of carbonyl (C=O) groups is 1. The van der Waals surface area contributed by atoms with E-state index in [2.05, 4.69) is 27.8 Å². The third-order valence-corrected chi connectivity index (χ3v) is 3.27. The van der Waals surface area contributed by atoms with Gasteiger partial charge in [0.1, 0.15) is 5.69 Å². The second-order valence-corrected chi connectivity index (χ2v) is 5.22. The van der Waals surface area contributed by atoms with Gasteiger partial charge in [-0.1, -0.05) is 26.2 Å². The molecule has 0 atom stereocenters. The van der Waals surface area contributed by atoms with Gasteiger partial charge in [0.25, 0.3) is 5.91 Å². The Bertz CT molecular complexity index is 366. The van der Waals surface area contributed by atoms with Gasteiger partial charge in [0.05, 0.1) is 6.61 Å². The van der Waals surface area contributed by atoms with E-state index in [1.165, 1.54) is 12.8 Å². The normalized spacial score (nSPS) is 10.6. The fourth-order valence-electron chi connectivity index (χ4n) is 1.83. The van der Waals surface area contributed by atoms with Crippen LogP contribution in [0.5, 0.6) is 0 Å². The molecule has 5 heteroatoms. The van der Waals surface area contributed by atoms with Gasteiger partial charge in [-0.15, -0.1) is 0 Å². The fraction of sp³-hybridized carbons (Fsp3) is 0.615. The maximum absolute atomic E-state index is 12.2. The summed E-state index contributed by atoms with van der Waals surface area (Å²) in [7, 11) is 0. The summed E-state index contributed by atoms with van der Waals surface area (Å²) >= 11 is 3.31. The molecule has 0 spiro atoms. The molecule has 1 aromatic rings. The van der Waals surface area contributed by atoms with Crippen LogP contribution in [-0.2, 0) is 0 Å². The minimum Gasteiger partial charge on any atom is -0.395 e. The molecule has 0 fully saturated rings. The number of carbonyl (C=O) groups excluding carboxylic acids is 1. The summed E-state index contributed by atoms with van der Waals surface area (Å²) in [5.74, 6) is -0.0498. The zero-order chi connectivity index (χ0) is 13.4. The van der Waals surface area contributed by atoms with Crippen molar-refractivity contribution in [2.45, 2.75) is 32.6 Å². The first-order valence-electron chi connectivity index (χ1n) is 6.43. The predicted octanol–water partition coefficient (Wildman–Crippen LogP) is 2.79. The van der Waals surface area contributed by atoms with Crippen molar-refractivity contribution in [3.8, 4) is 0 Å². The first kappa shape index (κ1) is 15.2. The number of hydrogen-bond acceptors (Lipinski definition) is 2. The van der Waals surface area contributed by atoms with Crippen molar-refractivity contribution in [3.05, 3.63) is 22.4 Å². The second kappa shape index (κ2) is 8.32. The summed E-state index contributed by atoms with van der Waals surface area (Å²) in [4.78, 5) is 16.8. The molecule has 0 unspecified atom stereocenters. The molecule has 0 radical (unpaired) electrons. The first-order valence-corrected chi connectivity index (χ1v) is 7.22. The van der Waals surface area contributed by atoms with Gasteiger partial charge in [0.15, 0.2) is 0 Å². The van der Waals surface area contributed by atoms with Gasteiger partial charge < -0.3 is 15.0 Å². The Labute approximate surface area is 117 Å². The molecular formula is C13H21BrN2O2. The van der Waals surface area contributed by atoms with Crippen LogP contribution in [0.25, 0.3) is 0 Å². The zero-order valence-corrected chi connectivity index (χ0v) is 12.4. The number of aliphatic hydroxyl groups is 1. The number of unbranched alkanes of at least 4 members (excludes halogenated alkanes) is 3. The highest BCUT2D eigenvalue weighted by Crippen LogP contribution is 2.13. The Kier molecular flexibility index (Phi) is 7.05. The molecule has 0 saturated heterocycles. The smallest absolute Gasteiger partial charge is 0.270 e. The van der Waals surface area contributed by atoms with E-state index in [0.717, 1.165) is 17.3 Å². The van der Waals surface area contributed by atoms with E-state index < -0.39 is 0 Å². The molecule has 0 aliphatic carbocycles. The number of rotatable bonds is 8. The van der Waals surface area contributed by atoms with E-state index >= 15 is 0 Å². The molecule has 0 aliphatic rings. The molecule has 0 aromatic carbocycles. The largest absolute Gasteiger partial charge is 0.395 e. The van der Waals surface area contributed by atoms with Crippen LogP contribution in [0, 0.1) is 0 Å². The molecule has 0 saturated carbocycles. The lowest BCUT2D eigenvalue weighted by Gasteiger charge is -2.21. The molecule has 0 bridgehead atoms. The van der Waals surface area contributed by atoms with Crippen molar-refractivity contribution in [3.63, 3.8) is 0 Å². The van der Waals surface area contributed by atoms with Crippen LogP contribution in [0.2, 0.25) is 0 Å². The Morgan fingerprint density at radius 3 is 2.72 bits per heavy atom. The van der Waals surface area contributed by atoms with Crippen LogP contribution in [-0.4, -0.2) is 40.6 Å². The van der Waals surface area contributed by atoms with Crippen molar-refractivity contribution >= 4 is 21.8 Å². The molecule has 1 aromatic heterocycles. The molecule has 0 aliphatic heterocycles. The Morgan fingerprint density at radius 2 is 2.17 bits per heavy atom. The van der Waals surface area contributed by atoms with Crippen LogP contribution >= 0.6 is 15.9 Å². The molecule has 1 heterocycles. The maximum atomic E-state index is 12.2. The third-order valence-electron chi connectivity index (χ3n) is 2.82. The number of halogens is 1. The topological polar surface area (TPSA) is 56.3 Å². The predicted molar refractivity (Wildman–Crippen MR) is 75.6 cm³/mol. The highest BCUT2D eigenvalue weighted by Gasteiger charge is 2.16. The van der Waals surface area contributed by atoms with Gasteiger partial charge in [0.2, 0.25) is 0 Å². The highest BCUT2D eigenvalue weighted by atomic mass is 79.9. The number of amides is 1. The average molecular weight is 317 g/mol. The van der Waals surface area contributed by atoms with E-state index in [4.69, 9.17) is 5.11 Å². The zero-order valence-electron chi connectivity index (χ0n) is 10.8. The van der Waals surface area contributed by atoms with E-state index in [1.807, 2.05) is 0 Å². The van der Waals surface area contributed by atoms with Gasteiger partial charge >= 0.3 is 0 Å². The van der Waals surface area contributed by atoms with Crippen molar-refractivity contribution in [1.29, 1.82) is 0 Å². The van der Waals surface area contributed by atoms with Crippen LogP contribution in [0.4, 0.5) is 0 Å². The van der Waals surface area contributed by atoms with Gasteiger partial charge in [-0.3, -0.25) is 4.79 Å². The highest BCUT2D eigenvalue weighted by molar-refractivity contribution is 9.10. The summed E-state index contributed by atoms with van der Waals surface area (Å²) < 4.78 is 0.862. The van der Waals surface area contributed by atoms with Gasteiger partial charge in [-0.05, 0) is 28.4 Å². The summed E-state index contributed by atoms with van der Waals surface area (Å²) in [6.45, 7) is 3.26. The third kappa shape index (κ3) is 4.82. The molecular weight excluding hydrogens is 296 g/mol. The van der Waals surface area contributed by atoms with Crippen molar-refractivity contribution in [1.82, 2.24) is 9.88 Å². The van der Waals surface area contributed by atoms with E-state index in [-0.39, 0.29) is 12.5 Å². The molecule has 2 N–H and O–H groups in total. The number of H-pyrrole nitrogens is 1. The average Bonchev–Trinajstić information content (AvgIpc) is 2.79. The minimum atomic E-state index is -0.0498. The molecule has 4 nitrogen and oxygen atoms in total. The van der Waals surface area contributed by atoms with E-state index in [9.17, 15) is 4.79 Å². The summed E-state index contributed by atoms with van der Waals surface area (Å²) in [6, 6.07) is 1.76. The second-order valence-electron chi connectivity index (χ2n) is 4.31. The number of nitrogens with one attached hydrogen (secondary N) is 1. The Balaban J connectivity index is 2.52. The van der Waals surface area contributed by atoms with Gasteiger partial charge in [0, 0.05) is 23.8 Å². The molecule has 18 heavy (non-hydrogen) atoms. The molecule has 1 rings (SSSR count). The number of nitrogens with zero attached hydrogens (tertiary/aromatic N) is 1. The Morgan fingerprint density at radius 1 is 1.39 bits per heavy atom. The number of aliphatic hydroxyl groups excluding tert-OH is 1. The molecule has 1 amide bonds. The van der Waals surface area contributed by atoms with Crippen LogP contribution in [0.15, 0.2) is 16.7 Å². The lowest BCUT2D eigenvalue weighted by Crippen LogP contribution is -2.34. The van der Waals surface area contributed by atoms with E-state index in [1.54, 1.807) is 17.2 Å². The number of aromatic nitrogens is 1. The number of hydrogen-bond donors (Lipinski definition) is 2. The quantitative estimate of drug-likeness (QED) is 0.724. The Hall–Kier alpha value is -0.810. The summed E-state index contributed by atoms with van der Waals surface area (Å²) in [6.07, 6.45) is 6.22. The fourth-order valence-corrected chi connectivity index (χ4v) is 2.17. The van der Waals surface area contributed by atoms with Crippen molar-refractivity contribution < 1.29 is 9.90 Å². The van der Waals surface area contributed by atoms with Crippen LogP contribution in [0.1, 0.15) is 43.1 Å². The lowest BCUT2D eigenvalue weighted by molar-refractivity contribution is 0.0713. The number of aromatic amines is 1. The lowest BCUT2D eigenvalue weighted by atomic mass is 10.2. The van der Waals surface area contributed by atoms with Gasteiger partial charge in [-0.25, -0.2) is 0 Å². The van der Waals surface area contributed by atoms with Crippen molar-refractivity contribution in [2.24, 2.45) is 0 Å². The maximum Gasteiger partial charge on any atom is 0.270 e. The first-order chi connectivity index (χ1) is 8.69. The SMILES string of the molecule is CCCCCCN(CCO)C(=O)c1cc(Br)c[nH]1. The molecule has 102 valence electrons. The summed E-state index contributed by atoms with van der Waals surface area (Å²) in [5, 5.41) is 9.03. The van der Waals surface area contributed by atoms with Gasteiger partial charge in [-0.2, -0.15) is 0 Å². The van der Waals surface area contributed by atoms with Crippen molar-refractivity contribution in [2.75, 3.05) is 19.7 Å². The summed E-state index contributed by atoms with van der Waals surface area (Å²) in [5.41, 5.74) is 0.561. The minimum absolute atomic E-state index is 0.00138. The standard InChI is InChI=1S/C13H21BrN2O2/c1-2-3-4-5-6-16(7-8-17)13(18)12-9-11(14)10-15-12/h9-10,15,17H,2-8H2,1H3. The van der Waals surface area contributed by atoms with E-state index in [0.29, 0.717) is 18.8 Å². The van der Waals surface area contributed by atoms with Crippen LogP contribution < -0.4 is 0 Å².